The standard InChI is InChI=1S/C14H11BrN2OS2/c15-10-3-5-11(6-4-10)16-14(19)17-13(18)8-7-12-2-1-9-20-12/h1-9H,(H2,16,17,18,19). The van der Waals surface area contributed by atoms with Gasteiger partial charge in [0.25, 0.3) is 0 Å². The van der Waals surface area contributed by atoms with Gasteiger partial charge in [-0.15, -0.1) is 11.3 Å². The van der Waals surface area contributed by atoms with Crippen LogP contribution in [0.5, 0.6) is 0 Å². The molecule has 1 amide bonds. The van der Waals surface area contributed by atoms with E-state index in [1.54, 1.807) is 17.4 Å². The molecule has 0 aliphatic carbocycles. The zero-order chi connectivity index (χ0) is 14.4. The maximum atomic E-state index is 11.7. The molecule has 0 saturated carbocycles. The van der Waals surface area contributed by atoms with Crippen molar-refractivity contribution in [2.75, 3.05) is 5.32 Å². The Morgan fingerprint density at radius 1 is 1.25 bits per heavy atom. The molecule has 1 heterocycles. The predicted octanol–water partition coefficient (Wildman–Crippen LogP) is 4.04. The van der Waals surface area contributed by atoms with Crippen LogP contribution in [-0.4, -0.2) is 11.0 Å². The average Bonchev–Trinajstić information content (AvgIpc) is 2.92. The van der Waals surface area contributed by atoms with E-state index in [9.17, 15) is 4.79 Å². The molecule has 20 heavy (non-hydrogen) atoms. The van der Waals surface area contributed by atoms with E-state index >= 15 is 0 Å². The predicted molar refractivity (Wildman–Crippen MR) is 91.9 cm³/mol. The van der Waals surface area contributed by atoms with Gasteiger partial charge in [-0.1, -0.05) is 22.0 Å². The van der Waals surface area contributed by atoms with Gasteiger partial charge in [-0.05, 0) is 54.0 Å². The van der Waals surface area contributed by atoms with E-state index in [4.69, 9.17) is 12.2 Å². The van der Waals surface area contributed by atoms with E-state index in [1.807, 2.05) is 41.8 Å². The minimum absolute atomic E-state index is 0.256. The monoisotopic (exact) mass is 366 g/mol. The summed E-state index contributed by atoms with van der Waals surface area (Å²) >= 11 is 9.99. The van der Waals surface area contributed by atoms with Crippen LogP contribution in [0.15, 0.2) is 52.3 Å². The Morgan fingerprint density at radius 3 is 2.65 bits per heavy atom. The third kappa shape index (κ3) is 4.88. The Kier molecular flexibility index (Phi) is 5.46. The molecule has 2 aromatic rings. The van der Waals surface area contributed by atoms with Crippen LogP contribution >= 0.6 is 39.5 Å². The number of rotatable bonds is 3. The van der Waals surface area contributed by atoms with Crippen LogP contribution in [0.25, 0.3) is 6.08 Å². The van der Waals surface area contributed by atoms with Crippen LogP contribution in [0.3, 0.4) is 0 Å². The molecular formula is C14H11BrN2OS2. The van der Waals surface area contributed by atoms with Crippen LogP contribution in [0, 0.1) is 0 Å². The Labute approximate surface area is 134 Å². The van der Waals surface area contributed by atoms with Crippen LogP contribution in [-0.2, 0) is 4.79 Å². The largest absolute Gasteiger partial charge is 0.332 e. The number of hydrogen-bond donors (Lipinski definition) is 2. The van der Waals surface area contributed by atoms with E-state index in [2.05, 4.69) is 26.6 Å². The second-order valence-electron chi connectivity index (χ2n) is 3.80. The van der Waals surface area contributed by atoms with Gasteiger partial charge in [0, 0.05) is 21.1 Å². The van der Waals surface area contributed by atoms with E-state index in [0.717, 1.165) is 15.0 Å². The first-order valence-corrected chi connectivity index (χ1v) is 7.81. The summed E-state index contributed by atoms with van der Waals surface area (Å²) in [5.41, 5.74) is 0.820. The minimum atomic E-state index is -0.256. The van der Waals surface area contributed by atoms with Gasteiger partial charge in [-0.3, -0.25) is 10.1 Å². The Bertz CT molecular complexity index is 621. The van der Waals surface area contributed by atoms with Crippen LogP contribution in [0.4, 0.5) is 5.69 Å². The summed E-state index contributed by atoms with van der Waals surface area (Å²) in [6, 6.07) is 11.4. The SMILES string of the molecule is O=C(C=Cc1cccs1)NC(=S)Nc1ccc(Br)cc1. The van der Waals surface area contributed by atoms with Crippen molar-refractivity contribution < 1.29 is 4.79 Å². The van der Waals surface area contributed by atoms with Gasteiger partial charge < -0.3 is 5.32 Å². The molecule has 2 N–H and O–H groups in total. The lowest BCUT2D eigenvalue weighted by Crippen LogP contribution is -2.32. The molecule has 1 aromatic heterocycles. The summed E-state index contributed by atoms with van der Waals surface area (Å²) in [6.45, 7) is 0. The normalized spacial score (nSPS) is 10.4. The molecule has 0 radical (unpaired) electrons. The van der Waals surface area contributed by atoms with Gasteiger partial charge in [0.05, 0.1) is 0 Å². The Balaban J connectivity index is 1.85. The number of thiophene rings is 1. The molecule has 3 nitrogen and oxygen atoms in total. The van der Waals surface area contributed by atoms with Crippen molar-refractivity contribution in [1.29, 1.82) is 0 Å². The van der Waals surface area contributed by atoms with Gasteiger partial charge in [0.15, 0.2) is 5.11 Å². The summed E-state index contributed by atoms with van der Waals surface area (Å²) < 4.78 is 0.983. The maximum absolute atomic E-state index is 11.7. The molecule has 0 bridgehead atoms. The van der Waals surface area contributed by atoms with Crippen molar-refractivity contribution in [2.24, 2.45) is 0 Å². The Hall–Kier alpha value is -1.50. The van der Waals surface area contributed by atoms with Crippen molar-refractivity contribution in [2.45, 2.75) is 0 Å². The number of nitrogens with one attached hydrogen (secondary N) is 2. The van der Waals surface area contributed by atoms with Crippen LogP contribution in [0.1, 0.15) is 4.88 Å². The van der Waals surface area contributed by atoms with E-state index in [1.165, 1.54) is 6.08 Å². The van der Waals surface area contributed by atoms with Crippen LogP contribution in [0.2, 0.25) is 0 Å². The molecule has 6 heteroatoms. The molecule has 0 spiro atoms. The van der Waals surface area contributed by atoms with E-state index < -0.39 is 0 Å². The highest BCUT2D eigenvalue weighted by Crippen LogP contribution is 2.14. The number of anilines is 1. The third-order valence-corrected chi connectivity index (χ3v) is 3.85. The highest BCUT2D eigenvalue weighted by atomic mass is 79.9. The van der Waals surface area contributed by atoms with Gasteiger partial charge >= 0.3 is 0 Å². The fraction of sp³-hybridized carbons (Fsp3) is 0. The summed E-state index contributed by atoms with van der Waals surface area (Å²) in [5.74, 6) is -0.256. The summed E-state index contributed by atoms with van der Waals surface area (Å²) in [7, 11) is 0. The number of carbonyl (C=O) groups is 1. The van der Waals surface area contributed by atoms with E-state index in [-0.39, 0.29) is 11.0 Å². The molecule has 0 saturated heterocycles. The lowest BCUT2D eigenvalue weighted by atomic mass is 10.3. The number of thiocarbonyl (C=S) groups is 1. The lowest BCUT2D eigenvalue weighted by molar-refractivity contribution is -0.115. The molecule has 1 aromatic carbocycles. The van der Waals surface area contributed by atoms with Crippen molar-refractivity contribution in [3.05, 3.63) is 57.2 Å². The second-order valence-corrected chi connectivity index (χ2v) is 6.10. The van der Waals surface area contributed by atoms with Gasteiger partial charge in [-0.2, -0.15) is 0 Å². The molecule has 2 rings (SSSR count). The Morgan fingerprint density at radius 2 is 2.00 bits per heavy atom. The van der Waals surface area contributed by atoms with Gasteiger partial charge in [0.1, 0.15) is 0 Å². The van der Waals surface area contributed by atoms with Crippen molar-refractivity contribution >= 4 is 62.3 Å². The number of carbonyl (C=O) groups excluding carboxylic acids is 1. The number of amides is 1. The number of benzene rings is 1. The molecule has 0 aliphatic heterocycles. The lowest BCUT2D eigenvalue weighted by Gasteiger charge is -2.07. The smallest absolute Gasteiger partial charge is 0.250 e. The maximum Gasteiger partial charge on any atom is 0.250 e. The van der Waals surface area contributed by atoms with Crippen molar-refractivity contribution in [3.8, 4) is 0 Å². The first kappa shape index (κ1) is 14.9. The average molecular weight is 367 g/mol. The fourth-order valence-corrected chi connectivity index (χ4v) is 2.49. The zero-order valence-electron chi connectivity index (χ0n) is 10.3. The fourth-order valence-electron chi connectivity index (χ4n) is 1.39. The van der Waals surface area contributed by atoms with Crippen LogP contribution < -0.4 is 10.6 Å². The minimum Gasteiger partial charge on any atom is -0.332 e. The molecule has 0 fully saturated rings. The quantitative estimate of drug-likeness (QED) is 0.636. The van der Waals surface area contributed by atoms with Gasteiger partial charge in [0.2, 0.25) is 5.91 Å². The first-order chi connectivity index (χ1) is 9.63. The number of halogens is 1. The third-order valence-electron chi connectivity index (χ3n) is 2.28. The summed E-state index contributed by atoms with van der Waals surface area (Å²) in [5, 5.41) is 7.76. The zero-order valence-corrected chi connectivity index (χ0v) is 13.5. The number of hydrogen-bond acceptors (Lipinski definition) is 3. The highest BCUT2D eigenvalue weighted by Gasteiger charge is 2.01. The van der Waals surface area contributed by atoms with Crippen molar-refractivity contribution in [3.63, 3.8) is 0 Å². The highest BCUT2D eigenvalue weighted by molar-refractivity contribution is 9.10. The van der Waals surface area contributed by atoms with E-state index in [0.29, 0.717) is 0 Å². The summed E-state index contributed by atoms with van der Waals surface area (Å²) in [4.78, 5) is 12.7. The molecule has 0 atom stereocenters. The van der Waals surface area contributed by atoms with Crippen molar-refractivity contribution in [1.82, 2.24) is 5.32 Å². The molecule has 0 aliphatic rings. The second kappa shape index (κ2) is 7.33. The summed E-state index contributed by atoms with van der Waals surface area (Å²) in [6.07, 6.45) is 3.21. The molecule has 102 valence electrons. The molecular weight excluding hydrogens is 356 g/mol. The molecule has 0 unspecified atom stereocenters. The topological polar surface area (TPSA) is 41.1 Å². The first-order valence-electron chi connectivity index (χ1n) is 5.72. The van der Waals surface area contributed by atoms with Gasteiger partial charge in [-0.25, -0.2) is 0 Å².